The first-order valence-corrected chi connectivity index (χ1v) is 15.3. The van der Waals surface area contributed by atoms with E-state index in [2.05, 4.69) is 162 Å². The Morgan fingerprint density at radius 2 is 1.11 bits per heavy atom. The number of allylic oxidation sites excluding steroid dienone is 2. The Labute approximate surface area is 256 Å². The summed E-state index contributed by atoms with van der Waals surface area (Å²) in [6.45, 7) is 0. The largest absolute Gasteiger partial charge is 0.485 e. The molecular formula is C42H29NO. The first-order chi connectivity index (χ1) is 21.8. The van der Waals surface area contributed by atoms with Crippen LogP contribution in [0.4, 0.5) is 0 Å². The molecule has 7 aromatic rings. The van der Waals surface area contributed by atoms with Crippen LogP contribution in [0.15, 0.2) is 164 Å². The number of hydrogen-bond donors (Lipinski definition) is 0. The Bertz CT molecular complexity index is 2260. The minimum Gasteiger partial charge on any atom is -0.485 e. The fourth-order valence-corrected chi connectivity index (χ4v) is 6.99. The van der Waals surface area contributed by atoms with Crippen LogP contribution in [0.25, 0.3) is 55.3 Å². The van der Waals surface area contributed by atoms with Crippen molar-refractivity contribution in [1.82, 2.24) is 4.57 Å². The molecule has 2 nitrogen and oxygen atoms in total. The average molecular weight is 564 g/mol. The van der Waals surface area contributed by atoms with Gasteiger partial charge in [0.2, 0.25) is 0 Å². The highest BCUT2D eigenvalue weighted by molar-refractivity contribution is 6.11. The van der Waals surface area contributed by atoms with E-state index in [0.717, 1.165) is 11.4 Å². The molecule has 0 saturated heterocycles. The molecule has 1 aliphatic carbocycles. The minimum atomic E-state index is 0.0252. The molecule has 2 atom stereocenters. The Kier molecular flexibility index (Phi) is 5.67. The first-order valence-electron chi connectivity index (χ1n) is 15.3. The number of benzene rings is 6. The van der Waals surface area contributed by atoms with Crippen molar-refractivity contribution in [3.63, 3.8) is 0 Å². The van der Waals surface area contributed by atoms with Gasteiger partial charge in [-0.05, 0) is 88.0 Å². The van der Waals surface area contributed by atoms with Gasteiger partial charge in [-0.3, -0.25) is 0 Å². The van der Waals surface area contributed by atoms with Gasteiger partial charge < -0.3 is 9.30 Å². The van der Waals surface area contributed by atoms with Crippen LogP contribution in [-0.4, -0.2) is 10.7 Å². The number of para-hydroxylation sites is 2. The predicted molar refractivity (Wildman–Crippen MR) is 182 cm³/mol. The second kappa shape index (κ2) is 10.00. The van der Waals surface area contributed by atoms with Crippen LogP contribution in [0, 0.1) is 0 Å². The van der Waals surface area contributed by atoms with E-state index in [1.807, 2.05) is 6.07 Å². The third-order valence-electron chi connectivity index (χ3n) is 9.14. The number of aromatic nitrogens is 1. The van der Waals surface area contributed by atoms with Crippen molar-refractivity contribution in [2.24, 2.45) is 0 Å². The smallest absolute Gasteiger partial charge is 0.128 e. The molecule has 44 heavy (non-hydrogen) atoms. The molecule has 0 amide bonds. The average Bonchev–Trinajstić information content (AvgIpc) is 3.63. The molecule has 0 radical (unpaired) electrons. The highest BCUT2D eigenvalue weighted by Crippen LogP contribution is 2.44. The molecule has 2 aliphatic rings. The van der Waals surface area contributed by atoms with E-state index in [0.29, 0.717) is 0 Å². The Morgan fingerprint density at radius 1 is 0.500 bits per heavy atom. The van der Waals surface area contributed by atoms with Crippen molar-refractivity contribution in [1.29, 1.82) is 0 Å². The zero-order valence-electron chi connectivity index (χ0n) is 24.1. The van der Waals surface area contributed by atoms with Gasteiger partial charge in [-0.15, -0.1) is 0 Å². The van der Waals surface area contributed by atoms with Gasteiger partial charge in [-0.2, -0.15) is 0 Å². The maximum atomic E-state index is 6.36. The van der Waals surface area contributed by atoms with Gasteiger partial charge >= 0.3 is 0 Å². The minimum absolute atomic E-state index is 0.0252. The summed E-state index contributed by atoms with van der Waals surface area (Å²) in [4.78, 5) is 0. The van der Waals surface area contributed by atoms with Crippen molar-refractivity contribution >= 4 is 27.4 Å². The fraction of sp³-hybridized carbons (Fsp3) is 0.0476. The SMILES string of the molecule is C1=CC2c3ccccc3OC2C=C1c1ccc2c(c1)c1cc(-c3cccc(-c4ccccc4)c3)ccc1n2-c1ccccc1. The standard InChI is InChI=1S/C42H29NO/c1-3-10-28(11-4-1)29-12-9-13-30(24-29)31-19-22-39-37(25-31)38-26-32(20-23-40(38)43(39)34-14-5-2-6-15-34)33-18-21-36-35-16-7-8-17-41(35)44-42(36)27-33/h1-27,36,42H. The molecule has 9 rings (SSSR count). The number of ether oxygens (including phenoxy) is 1. The van der Waals surface area contributed by atoms with Crippen LogP contribution in [0.3, 0.4) is 0 Å². The quantitative estimate of drug-likeness (QED) is 0.208. The second-order valence-electron chi connectivity index (χ2n) is 11.7. The van der Waals surface area contributed by atoms with Gasteiger partial charge in [0, 0.05) is 27.9 Å². The van der Waals surface area contributed by atoms with Crippen molar-refractivity contribution < 1.29 is 4.74 Å². The van der Waals surface area contributed by atoms with E-state index in [-0.39, 0.29) is 12.0 Å². The third-order valence-corrected chi connectivity index (χ3v) is 9.14. The van der Waals surface area contributed by atoms with Crippen LogP contribution < -0.4 is 4.74 Å². The molecule has 0 spiro atoms. The Balaban J connectivity index is 1.19. The molecule has 208 valence electrons. The third kappa shape index (κ3) is 4.03. The van der Waals surface area contributed by atoms with Crippen LogP contribution in [0.1, 0.15) is 17.0 Å². The lowest BCUT2D eigenvalue weighted by Gasteiger charge is -2.19. The lowest BCUT2D eigenvalue weighted by Crippen LogP contribution is -2.17. The zero-order valence-corrected chi connectivity index (χ0v) is 24.1. The van der Waals surface area contributed by atoms with Crippen LogP contribution in [0.2, 0.25) is 0 Å². The Hall–Kier alpha value is -5.60. The number of fused-ring (bicyclic) bond motifs is 6. The summed E-state index contributed by atoms with van der Waals surface area (Å²) >= 11 is 0. The first kappa shape index (κ1) is 24.9. The second-order valence-corrected chi connectivity index (χ2v) is 11.7. The summed E-state index contributed by atoms with van der Waals surface area (Å²) < 4.78 is 8.74. The number of hydrogen-bond acceptors (Lipinski definition) is 1. The molecule has 1 aliphatic heterocycles. The van der Waals surface area contributed by atoms with E-state index in [4.69, 9.17) is 4.74 Å². The molecule has 0 bridgehead atoms. The van der Waals surface area contributed by atoms with Gasteiger partial charge in [0.25, 0.3) is 0 Å². The van der Waals surface area contributed by atoms with E-state index in [1.165, 1.54) is 60.8 Å². The molecule has 0 N–H and O–H groups in total. The highest BCUT2D eigenvalue weighted by atomic mass is 16.5. The summed E-state index contributed by atoms with van der Waals surface area (Å²) in [5, 5.41) is 2.49. The molecular weight excluding hydrogens is 534 g/mol. The molecule has 2 heterocycles. The van der Waals surface area contributed by atoms with Gasteiger partial charge in [0.05, 0.1) is 11.0 Å². The lowest BCUT2D eigenvalue weighted by molar-refractivity contribution is 0.269. The molecule has 1 aromatic heterocycles. The van der Waals surface area contributed by atoms with Crippen molar-refractivity contribution in [2.75, 3.05) is 0 Å². The zero-order chi connectivity index (χ0) is 29.0. The van der Waals surface area contributed by atoms with E-state index in [1.54, 1.807) is 0 Å². The van der Waals surface area contributed by atoms with E-state index >= 15 is 0 Å². The summed E-state index contributed by atoms with van der Waals surface area (Å²) in [5.41, 5.74) is 12.1. The van der Waals surface area contributed by atoms with Gasteiger partial charge in [-0.25, -0.2) is 0 Å². The summed E-state index contributed by atoms with van der Waals surface area (Å²) in [6, 6.07) is 52.3. The molecule has 0 fully saturated rings. The lowest BCUT2D eigenvalue weighted by atomic mass is 9.87. The molecule has 2 unspecified atom stereocenters. The summed E-state index contributed by atoms with van der Waals surface area (Å²) in [5.74, 6) is 1.27. The molecule has 2 heteroatoms. The maximum Gasteiger partial charge on any atom is 0.128 e. The topological polar surface area (TPSA) is 14.2 Å². The van der Waals surface area contributed by atoms with Crippen LogP contribution in [0.5, 0.6) is 5.75 Å². The predicted octanol–water partition coefficient (Wildman–Crippen LogP) is 10.6. The van der Waals surface area contributed by atoms with Gasteiger partial charge in [0.15, 0.2) is 0 Å². The van der Waals surface area contributed by atoms with Crippen molar-refractivity contribution in [2.45, 2.75) is 12.0 Å². The van der Waals surface area contributed by atoms with E-state index in [9.17, 15) is 0 Å². The van der Waals surface area contributed by atoms with Crippen LogP contribution in [-0.2, 0) is 0 Å². The summed E-state index contributed by atoms with van der Waals surface area (Å²) in [6.07, 6.45) is 6.89. The van der Waals surface area contributed by atoms with E-state index < -0.39 is 0 Å². The van der Waals surface area contributed by atoms with Gasteiger partial charge in [0.1, 0.15) is 11.9 Å². The summed E-state index contributed by atoms with van der Waals surface area (Å²) in [7, 11) is 0. The van der Waals surface area contributed by atoms with Crippen molar-refractivity contribution in [3.8, 4) is 33.7 Å². The highest BCUT2D eigenvalue weighted by Gasteiger charge is 2.33. The number of nitrogens with zero attached hydrogens (tertiary/aromatic N) is 1. The molecule has 6 aromatic carbocycles. The van der Waals surface area contributed by atoms with Gasteiger partial charge in [-0.1, -0.05) is 109 Å². The molecule has 0 saturated carbocycles. The maximum absolute atomic E-state index is 6.36. The monoisotopic (exact) mass is 563 g/mol. The van der Waals surface area contributed by atoms with Crippen LogP contribution >= 0.6 is 0 Å². The Morgan fingerprint density at radius 3 is 1.91 bits per heavy atom. The fourth-order valence-electron chi connectivity index (χ4n) is 6.99. The van der Waals surface area contributed by atoms with Crippen molar-refractivity contribution in [3.05, 3.63) is 175 Å². The number of rotatable bonds is 4. The normalized spacial score (nSPS) is 16.9.